The summed E-state index contributed by atoms with van der Waals surface area (Å²) in [4.78, 5) is 6.73. The normalized spacial score (nSPS) is 10.2. The predicted molar refractivity (Wildman–Crippen MR) is 88.9 cm³/mol. The lowest BCUT2D eigenvalue weighted by molar-refractivity contribution is 1.13. The van der Waals surface area contributed by atoms with Gasteiger partial charge in [-0.3, -0.25) is 0 Å². The highest BCUT2D eigenvalue weighted by Gasteiger charge is 2.10. The van der Waals surface area contributed by atoms with Crippen molar-refractivity contribution >= 4 is 34.4 Å². The fourth-order valence-electron chi connectivity index (χ4n) is 1.94. The van der Waals surface area contributed by atoms with Crippen LogP contribution in [0.25, 0.3) is 0 Å². The molecule has 0 aliphatic rings. The van der Waals surface area contributed by atoms with Crippen LogP contribution in [-0.4, -0.2) is 24.1 Å². The molecule has 0 aliphatic carbocycles. The Morgan fingerprint density at radius 2 is 1.85 bits per heavy atom. The summed E-state index contributed by atoms with van der Waals surface area (Å²) >= 11 is 5.10. The summed E-state index contributed by atoms with van der Waals surface area (Å²) in [6.45, 7) is 1.97. The molecular weight excluding hydrogens is 268 g/mol. The highest BCUT2D eigenvalue weighted by Crippen LogP contribution is 2.23. The minimum Gasteiger partial charge on any atom is -0.389 e. The number of nitrogens with one attached hydrogen (secondary N) is 1. The number of pyridine rings is 1. The SMILES string of the molecule is Cc1ccnc(Nc2ccc(N(C)C)cc2)c1C(N)=S. The Morgan fingerprint density at radius 1 is 1.20 bits per heavy atom. The van der Waals surface area contributed by atoms with E-state index in [9.17, 15) is 0 Å². The van der Waals surface area contributed by atoms with Crippen molar-refractivity contribution in [3.05, 3.63) is 47.7 Å². The quantitative estimate of drug-likeness (QED) is 0.847. The lowest BCUT2D eigenvalue weighted by Gasteiger charge is -2.15. The van der Waals surface area contributed by atoms with Crippen LogP contribution >= 0.6 is 12.2 Å². The van der Waals surface area contributed by atoms with Crippen LogP contribution in [0.5, 0.6) is 0 Å². The summed E-state index contributed by atoms with van der Waals surface area (Å²) in [6, 6.07) is 9.98. The van der Waals surface area contributed by atoms with Crippen LogP contribution in [0.15, 0.2) is 36.5 Å². The zero-order valence-corrected chi connectivity index (χ0v) is 12.7. The summed E-state index contributed by atoms with van der Waals surface area (Å²) in [6.07, 6.45) is 1.74. The third-order valence-electron chi connectivity index (χ3n) is 3.05. The second-order valence-corrected chi connectivity index (χ2v) is 5.22. The first-order chi connectivity index (χ1) is 9.49. The highest BCUT2D eigenvalue weighted by atomic mass is 32.1. The van der Waals surface area contributed by atoms with Crippen LogP contribution in [0.1, 0.15) is 11.1 Å². The molecule has 3 N–H and O–H groups in total. The van der Waals surface area contributed by atoms with Crippen LogP contribution in [0.4, 0.5) is 17.2 Å². The van der Waals surface area contributed by atoms with E-state index in [2.05, 4.69) is 15.2 Å². The number of nitrogens with zero attached hydrogens (tertiary/aromatic N) is 2. The van der Waals surface area contributed by atoms with Crippen molar-refractivity contribution in [3.63, 3.8) is 0 Å². The molecule has 0 saturated carbocycles. The van der Waals surface area contributed by atoms with Gasteiger partial charge >= 0.3 is 0 Å². The van der Waals surface area contributed by atoms with Crippen molar-refractivity contribution in [1.82, 2.24) is 4.98 Å². The Morgan fingerprint density at radius 3 is 2.40 bits per heavy atom. The van der Waals surface area contributed by atoms with E-state index in [-0.39, 0.29) is 0 Å². The molecule has 0 amide bonds. The molecule has 5 heteroatoms. The third-order valence-corrected chi connectivity index (χ3v) is 3.26. The summed E-state index contributed by atoms with van der Waals surface area (Å²) in [5.74, 6) is 0.690. The van der Waals surface area contributed by atoms with E-state index in [0.717, 1.165) is 22.5 Å². The molecule has 0 unspecified atom stereocenters. The molecule has 1 heterocycles. The molecule has 0 saturated heterocycles. The molecule has 0 atom stereocenters. The molecule has 0 aliphatic heterocycles. The molecule has 0 fully saturated rings. The first-order valence-electron chi connectivity index (χ1n) is 6.29. The van der Waals surface area contributed by atoms with Gasteiger partial charge in [0.05, 0.1) is 5.56 Å². The number of thiocarbonyl (C=S) groups is 1. The number of hydrogen-bond acceptors (Lipinski definition) is 4. The molecule has 2 rings (SSSR count). The van der Waals surface area contributed by atoms with Gasteiger partial charge < -0.3 is 16.0 Å². The lowest BCUT2D eigenvalue weighted by atomic mass is 10.1. The monoisotopic (exact) mass is 286 g/mol. The van der Waals surface area contributed by atoms with E-state index in [0.29, 0.717) is 10.8 Å². The van der Waals surface area contributed by atoms with Crippen LogP contribution in [0, 0.1) is 6.92 Å². The van der Waals surface area contributed by atoms with E-state index in [1.165, 1.54) is 0 Å². The third kappa shape index (κ3) is 3.05. The van der Waals surface area contributed by atoms with E-state index >= 15 is 0 Å². The van der Waals surface area contributed by atoms with Crippen LogP contribution in [0.3, 0.4) is 0 Å². The molecular formula is C15H18N4S. The molecule has 0 bridgehead atoms. The highest BCUT2D eigenvalue weighted by molar-refractivity contribution is 7.80. The minimum absolute atomic E-state index is 0.350. The van der Waals surface area contributed by atoms with Gasteiger partial charge in [0.15, 0.2) is 0 Å². The van der Waals surface area contributed by atoms with Gasteiger partial charge in [-0.05, 0) is 42.8 Å². The summed E-state index contributed by atoms with van der Waals surface area (Å²) in [5.41, 5.74) is 9.67. The van der Waals surface area contributed by atoms with Crippen molar-refractivity contribution in [2.45, 2.75) is 6.92 Å². The van der Waals surface area contributed by atoms with Crippen LogP contribution < -0.4 is 16.0 Å². The van der Waals surface area contributed by atoms with Gasteiger partial charge in [-0.1, -0.05) is 12.2 Å². The maximum Gasteiger partial charge on any atom is 0.140 e. The maximum absolute atomic E-state index is 5.78. The Bertz CT molecular complexity index is 620. The number of hydrogen-bond donors (Lipinski definition) is 2. The molecule has 0 spiro atoms. The first-order valence-corrected chi connectivity index (χ1v) is 6.69. The van der Waals surface area contributed by atoms with E-state index in [1.54, 1.807) is 6.20 Å². The van der Waals surface area contributed by atoms with Crippen molar-refractivity contribution in [2.75, 3.05) is 24.3 Å². The van der Waals surface area contributed by atoms with E-state index in [4.69, 9.17) is 18.0 Å². The lowest BCUT2D eigenvalue weighted by Crippen LogP contribution is -2.14. The molecule has 104 valence electrons. The Labute approximate surface area is 124 Å². The van der Waals surface area contributed by atoms with E-state index < -0.39 is 0 Å². The number of nitrogens with two attached hydrogens (primary N) is 1. The fourth-order valence-corrected chi connectivity index (χ4v) is 2.20. The Balaban J connectivity index is 2.30. The van der Waals surface area contributed by atoms with Gasteiger partial charge in [0.2, 0.25) is 0 Å². The predicted octanol–water partition coefficient (Wildman–Crippen LogP) is 2.83. The van der Waals surface area contributed by atoms with E-state index in [1.807, 2.05) is 51.4 Å². The number of rotatable bonds is 4. The van der Waals surface area contributed by atoms with Crippen molar-refractivity contribution in [2.24, 2.45) is 5.73 Å². The number of aromatic nitrogens is 1. The summed E-state index contributed by atoms with van der Waals surface area (Å²) in [5, 5.41) is 3.26. The Kier molecular flexibility index (Phi) is 4.20. The fraction of sp³-hybridized carbons (Fsp3) is 0.200. The average Bonchev–Trinajstić information content (AvgIpc) is 2.39. The van der Waals surface area contributed by atoms with Crippen molar-refractivity contribution in [1.29, 1.82) is 0 Å². The molecule has 4 nitrogen and oxygen atoms in total. The van der Waals surface area contributed by atoms with Crippen LogP contribution in [-0.2, 0) is 0 Å². The van der Waals surface area contributed by atoms with Gasteiger partial charge in [0.1, 0.15) is 10.8 Å². The molecule has 0 radical (unpaired) electrons. The standard InChI is InChI=1S/C15H18N4S/c1-10-8-9-17-15(13(10)14(16)20)18-11-4-6-12(7-5-11)19(2)3/h4-9H,1-3H3,(H2,16,20)(H,17,18). The van der Waals surface area contributed by atoms with Gasteiger partial charge in [-0.2, -0.15) is 0 Å². The zero-order valence-electron chi connectivity index (χ0n) is 11.8. The second kappa shape index (κ2) is 5.88. The van der Waals surface area contributed by atoms with Gasteiger partial charge in [0, 0.05) is 31.7 Å². The molecule has 1 aromatic carbocycles. The first kappa shape index (κ1) is 14.3. The van der Waals surface area contributed by atoms with Gasteiger partial charge in [0.25, 0.3) is 0 Å². The minimum atomic E-state index is 0.350. The molecule has 20 heavy (non-hydrogen) atoms. The topological polar surface area (TPSA) is 54.2 Å². The number of anilines is 3. The summed E-state index contributed by atoms with van der Waals surface area (Å²) in [7, 11) is 4.02. The zero-order chi connectivity index (χ0) is 14.7. The number of benzene rings is 1. The maximum atomic E-state index is 5.78. The molecule has 2 aromatic rings. The van der Waals surface area contributed by atoms with Crippen molar-refractivity contribution in [3.8, 4) is 0 Å². The average molecular weight is 286 g/mol. The van der Waals surface area contributed by atoms with Crippen LogP contribution in [0.2, 0.25) is 0 Å². The van der Waals surface area contributed by atoms with Gasteiger partial charge in [-0.15, -0.1) is 0 Å². The number of aryl methyl sites for hydroxylation is 1. The Hall–Kier alpha value is -2.14. The summed E-state index contributed by atoms with van der Waals surface area (Å²) < 4.78 is 0. The molecule has 1 aromatic heterocycles. The smallest absolute Gasteiger partial charge is 0.140 e. The van der Waals surface area contributed by atoms with Gasteiger partial charge in [-0.25, -0.2) is 4.98 Å². The van der Waals surface area contributed by atoms with Crippen molar-refractivity contribution < 1.29 is 0 Å². The second-order valence-electron chi connectivity index (χ2n) is 4.78. The largest absolute Gasteiger partial charge is 0.389 e.